The Hall–Kier alpha value is -3.48. The molecule has 0 spiro atoms. The van der Waals surface area contributed by atoms with Gasteiger partial charge in [-0.05, 0) is 49.8 Å². The molecule has 2 aromatic carbocycles. The Morgan fingerprint density at radius 1 is 0.967 bits per heavy atom. The average Bonchev–Trinajstić information content (AvgIpc) is 2.77. The van der Waals surface area contributed by atoms with E-state index in [-0.39, 0.29) is 19.0 Å². The number of carbonyl (C=O) groups excluding carboxylic acids is 1. The number of ether oxygens (including phenoxy) is 4. The minimum Gasteiger partial charge on any atom is -0.497 e. The van der Waals surface area contributed by atoms with Crippen molar-refractivity contribution in [3.8, 4) is 11.5 Å². The van der Waals surface area contributed by atoms with Gasteiger partial charge in [0.2, 0.25) is 5.76 Å². The summed E-state index contributed by atoms with van der Waals surface area (Å²) in [5.74, 6) is 1.05. The molecule has 0 fully saturated rings. The molecular formula is C23H27NO6. The first-order chi connectivity index (χ1) is 14.6. The Kier molecular flexibility index (Phi) is 9.24. The van der Waals surface area contributed by atoms with Gasteiger partial charge in [-0.15, -0.1) is 0 Å². The number of carbonyl (C=O) groups is 1. The molecular weight excluding hydrogens is 386 g/mol. The van der Waals surface area contributed by atoms with Gasteiger partial charge in [-0.2, -0.15) is 0 Å². The van der Waals surface area contributed by atoms with Crippen LogP contribution in [0.3, 0.4) is 0 Å². The molecule has 30 heavy (non-hydrogen) atoms. The van der Waals surface area contributed by atoms with Gasteiger partial charge in [0.1, 0.15) is 30.9 Å². The van der Waals surface area contributed by atoms with E-state index in [2.05, 4.69) is 5.16 Å². The number of oxime groups is 1. The Morgan fingerprint density at radius 2 is 1.70 bits per heavy atom. The van der Waals surface area contributed by atoms with E-state index >= 15 is 0 Å². The van der Waals surface area contributed by atoms with Gasteiger partial charge in [0.15, 0.2) is 0 Å². The fraction of sp³-hybridized carbons (Fsp3) is 0.304. The van der Waals surface area contributed by atoms with Crippen LogP contribution in [0.1, 0.15) is 25.0 Å². The van der Waals surface area contributed by atoms with Crippen molar-refractivity contribution in [2.75, 3.05) is 34.0 Å². The lowest BCUT2D eigenvalue weighted by Crippen LogP contribution is -2.13. The molecule has 0 N–H and O–H groups in total. The van der Waals surface area contributed by atoms with Crippen molar-refractivity contribution in [3.05, 3.63) is 65.4 Å². The van der Waals surface area contributed by atoms with Crippen molar-refractivity contribution in [2.45, 2.75) is 13.8 Å². The highest BCUT2D eigenvalue weighted by molar-refractivity contribution is 6.01. The molecule has 0 unspecified atom stereocenters. The molecule has 0 atom stereocenters. The molecule has 0 aliphatic heterocycles. The summed E-state index contributed by atoms with van der Waals surface area (Å²) in [6, 6.07) is 14.8. The maximum Gasteiger partial charge on any atom is 0.373 e. The Morgan fingerprint density at radius 3 is 2.33 bits per heavy atom. The van der Waals surface area contributed by atoms with Crippen LogP contribution in [0.25, 0.3) is 6.08 Å². The zero-order valence-corrected chi connectivity index (χ0v) is 17.7. The predicted molar refractivity (Wildman–Crippen MR) is 115 cm³/mol. The molecule has 0 aliphatic rings. The van der Waals surface area contributed by atoms with E-state index in [0.717, 1.165) is 16.9 Å². The van der Waals surface area contributed by atoms with Crippen molar-refractivity contribution >= 4 is 17.8 Å². The number of esters is 1. The quantitative estimate of drug-likeness (QED) is 0.182. The van der Waals surface area contributed by atoms with Crippen LogP contribution in [-0.2, 0) is 19.1 Å². The first-order valence-corrected chi connectivity index (χ1v) is 9.60. The summed E-state index contributed by atoms with van der Waals surface area (Å²) in [6.07, 6.45) is 1.64. The molecule has 160 valence electrons. The Labute approximate surface area is 176 Å². The van der Waals surface area contributed by atoms with Gasteiger partial charge < -0.3 is 23.8 Å². The van der Waals surface area contributed by atoms with E-state index in [1.165, 1.54) is 7.11 Å². The summed E-state index contributed by atoms with van der Waals surface area (Å²) in [7, 11) is 3.10. The number of benzene rings is 2. The zero-order chi connectivity index (χ0) is 21.8. The van der Waals surface area contributed by atoms with Gasteiger partial charge >= 0.3 is 5.97 Å². The lowest BCUT2D eigenvalue weighted by Gasteiger charge is -2.10. The Balaban J connectivity index is 2.09. The van der Waals surface area contributed by atoms with Crippen molar-refractivity contribution in [1.29, 1.82) is 0 Å². The van der Waals surface area contributed by atoms with Gasteiger partial charge in [0.05, 0.1) is 20.3 Å². The van der Waals surface area contributed by atoms with Gasteiger partial charge in [0.25, 0.3) is 0 Å². The van der Waals surface area contributed by atoms with E-state index < -0.39 is 5.97 Å². The highest BCUT2D eigenvalue weighted by Crippen LogP contribution is 2.18. The van der Waals surface area contributed by atoms with Crippen molar-refractivity contribution in [2.24, 2.45) is 5.16 Å². The van der Waals surface area contributed by atoms with Gasteiger partial charge in [-0.3, -0.25) is 0 Å². The maximum atomic E-state index is 11.9. The highest BCUT2D eigenvalue weighted by Gasteiger charge is 2.12. The topological polar surface area (TPSA) is 75.6 Å². The summed E-state index contributed by atoms with van der Waals surface area (Å²) in [4.78, 5) is 16.9. The SMILES string of the molecule is CCOC(=O)/C(=C/c1ccc(OCC(=NOC)c2cccc(OC)c2)cc1)OCC. The second kappa shape index (κ2) is 12.2. The molecule has 0 aliphatic carbocycles. The molecule has 0 bridgehead atoms. The van der Waals surface area contributed by atoms with E-state index in [4.69, 9.17) is 23.8 Å². The van der Waals surface area contributed by atoms with E-state index in [0.29, 0.717) is 18.1 Å². The van der Waals surface area contributed by atoms with Crippen LogP contribution in [0.15, 0.2) is 59.4 Å². The van der Waals surface area contributed by atoms with Crippen LogP contribution < -0.4 is 9.47 Å². The number of rotatable bonds is 11. The Bertz CT molecular complexity index is 874. The van der Waals surface area contributed by atoms with Crippen LogP contribution in [0.4, 0.5) is 0 Å². The number of hydrogen-bond donors (Lipinski definition) is 0. The van der Waals surface area contributed by atoms with E-state index in [1.54, 1.807) is 32.2 Å². The van der Waals surface area contributed by atoms with E-state index in [9.17, 15) is 4.79 Å². The molecule has 0 saturated heterocycles. The third kappa shape index (κ3) is 6.84. The number of hydrogen-bond acceptors (Lipinski definition) is 7. The third-order valence-corrected chi connectivity index (χ3v) is 3.93. The highest BCUT2D eigenvalue weighted by atomic mass is 16.6. The first-order valence-electron chi connectivity index (χ1n) is 9.60. The molecule has 0 heterocycles. The van der Waals surface area contributed by atoms with Crippen LogP contribution in [0.5, 0.6) is 11.5 Å². The summed E-state index contributed by atoms with van der Waals surface area (Å²) in [5, 5.41) is 4.06. The summed E-state index contributed by atoms with van der Waals surface area (Å²) < 4.78 is 21.5. The maximum absolute atomic E-state index is 11.9. The zero-order valence-electron chi connectivity index (χ0n) is 17.7. The lowest BCUT2D eigenvalue weighted by atomic mass is 10.1. The van der Waals surface area contributed by atoms with Crippen LogP contribution in [-0.4, -0.2) is 45.7 Å². The monoisotopic (exact) mass is 413 g/mol. The standard InChI is InChI=1S/C23H27NO6/c1-5-28-22(23(25)29-6-2)14-17-10-12-19(13-11-17)30-16-21(24-27-4)18-8-7-9-20(15-18)26-3/h7-15H,5-6,16H2,1-4H3/b22-14-,24-21?. The number of methoxy groups -OCH3 is 1. The first kappa shape index (κ1) is 22.8. The molecule has 2 aromatic rings. The number of nitrogens with zero attached hydrogens (tertiary/aromatic N) is 1. The molecule has 0 aromatic heterocycles. The third-order valence-electron chi connectivity index (χ3n) is 3.93. The molecule has 0 radical (unpaired) electrons. The van der Waals surface area contributed by atoms with E-state index in [1.807, 2.05) is 43.3 Å². The molecule has 7 heteroatoms. The molecule has 0 saturated carbocycles. The van der Waals surface area contributed by atoms with Crippen LogP contribution in [0, 0.1) is 0 Å². The smallest absolute Gasteiger partial charge is 0.373 e. The average molecular weight is 413 g/mol. The minimum absolute atomic E-state index is 0.167. The fourth-order valence-electron chi connectivity index (χ4n) is 2.56. The predicted octanol–water partition coefficient (Wildman–Crippen LogP) is 4.07. The summed E-state index contributed by atoms with van der Waals surface area (Å²) in [6.45, 7) is 4.43. The summed E-state index contributed by atoms with van der Waals surface area (Å²) in [5.41, 5.74) is 2.25. The summed E-state index contributed by atoms with van der Waals surface area (Å²) >= 11 is 0. The normalized spacial score (nSPS) is 11.6. The fourth-order valence-corrected chi connectivity index (χ4v) is 2.56. The van der Waals surface area contributed by atoms with Crippen molar-refractivity contribution in [1.82, 2.24) is 0 Å². The van der Waals surface area contributed by atoms with Gasteiger partial charge in [-0.25, -0.2) is 4.79 Å². The second-order valence-electron chi connectivity index (χ2n) is 5.97. The molecule has 2 rings (SSSR count). The largest absolute Gasteiger partial charge is 0.497 e. The van der Waals surface area contributed by atoms with Crippen LogP contribution in [0.2, 0.25) is 0 Å². The minimum atomic E-state index is -0.488. The second-order valence-corrected chi connectivity index (χ2v) is 5.97. The van der Waals surface area contributed by atoms with Crippen molar-refractivity contribution in [3.63, 3.8) is 0 Å². The van der Waals surface area contributed by atoms with Gasteiger partial charge in [-0.1, -0.05) is 29.4 Å². The lowest BCUT2D eigenvalue weighted by molar-refractivity contribution is -0.142. The molecule has 0 amide bonds. The molecule has 7 nitrogen and oxygen atoms in total. The van der Waals surface area contributed by atoms with Gasteiger partial charge in [0, 0.05) is 5.56 Å². The van der Waals surface area contributed by atoms with Crippen LogP contribution >= 0.6 is 0 Å². The van der Waals surface area contributed by atoms with Crippen molar-refractivity contribution < 1.29 is 28.6 Å².